The van der Waals surface area contributed by atoms with Crippen LogP contribution in [0, 0.1) is 40.9 Å². The van der Waals surface area contributed by atoms with Gasteiger partial charge in [-0.1, -0.05) is 31.3 Å². The highest BCUT2D eigenvalue weighted by Gasteiger charge is 2.45. The smallest absolute Gasteiger partial charge is 0.302 e. The molecule has 43 heavy (non-hydrogen) atoms. The number of rotatable bonds is 3. The van der Waals surface area contributed by atoms with Crippen LogP contribution < -0.4 is 21.1 Å². The summed E-state index contributed by atoms with van der Waals surface area (Å²) in [5.41, 5.74) is 6.71. The van der Waals surface area contributed by atoms with E-state index < -0.39 is 12.2 Å². The lowest BCUT2D eigenvalue weighted by atomic mass is 9.61. The Morgan fingerprint density at radius 1 is 1.26 bits per heavy atom. The standard InChI is InChI=1S/C34H50N4O5/c1-21-7-9-25-19-34(21,20-38-33(35)36-3)13-11-24-5-4-6-26-17-27(12-14-37-26)43-32-16-23(8-10-29(32)40)15-28(24)31(18-30(25)41)42-22(2)39/h8,10,16,21,24-28,30-31,37,40-41H,4-7,9,12,14-15,17-20H2,1-3H3,(H3,35,36,38). The van der Waals surface area contributed by atoms with E-state index in [0.29, 0.717) is 43.1 Å². The van der Waals surface area contributed by atoms with E-state index >= 15 is 0 Å². The number of fused-ring (bicyclic) bond motifs is 7. The third-order valence-corrected chi connectivity index (χ3v) is 10.5. The Morgan fingerprint density at radius 2 is 2.09 bits per heavy atom. The fourth-order valence-electron chi connectivity index (χ4n) is 7.86. The predicted octanol–water partition coefficient (Wildman–Crippen LogP) is 3.51. The number of ether oxygens (including phenoxy) is 2. The zero-order valence-electron chi connectivity index (χ0n) is 26.0. The number of carbonyl (C=O) groups excluding carboxylic acids is 1. The van der Waals surface area contributed by atoms with E-state index in [9.17, 15) is 15.0 Å². The molecule has 1 saturated heterocycles. The first-order chi connectivity index (χ1) is 20.7. The number of phenols is 1. The summed E-state index contributed by atoms with van der Waals surface area (Å²) in [5.74, 6) is 8.39. The van der Waals surface area contributed by atoms with Crippen molar-refractivity contribution < 1.29 is 24.5 Å². The molecule has 1 aromatic carbocycles. The summed E-state index contributed by atoms with van der Waals surface area (Å²) in [6.45, 7) is 5.16. The van der Waals surface area contributed by atoms with E-state index in [2.05, 4.69) is 34.4 Å². The van der Waals surface area contributed by atoms with Gasteiger partial charge in [0, 0.05) is 44.8 Å². The maximum atomic E-state index is 12.5. The molecule has 5 rings (SSSR count). The maximum absolute atomic E-state index is 12.5. The van der Waals surface area contributed by atoms with Gasteiger partial charge < -0.3 is 36.1 Å². The van der Waals surface area contributed by atoms with Crippen molar-refractivity contribution in [3.63, 3.8) is 0 Å². The van der Waals surface area contributed by atoms with E-state index in [1.165, 1.54) is 6.92 Å². The average Bonchev–Trinajstić information content (AvgIpc) is 2.98. The van der Waals surface area contributed by atoms with Gasteiger partial charge in [0.25, 0.3) is 0 Å². The summed E-state index contributed by atoms with van der Waals surface area (Å²) >= 11 is 0. The minimum atomic E-state index is -0.624. The van der Waals surface area contributed by atoms with Crippen molar-refractivity contribution >= 4 is 11.9 Å². The van der Waals surface area contributed by atoms with Crippen LogP contribution in [0.4, 0.5) is 0 Å². The molecule has 9 nitrogen and oxygen atoms in total. The first-order valence-corrected chi connectivity index (χ1v) is 16.2. The normalized spacial score (nSPS) is 36.5. The summed E-state index contributed by atoms with van der Waals surface area (Å²) in [4.78, 5) is 16.6. The van der Waals surface area contributed by atoms with Crippen LogP contribution >= 0.6 is 0 Å². The third-order valence-electron chi connectivity index (χ3n) is 10.5. The Balaban J connectivity index is 1.59. The zero-order valence-corrected chi connectivity index (χ0v) is 26.0. The minimum absolute atomic E-state index is 0.0375. The molecule has 4 aliphatic rings. The number of nitrogens with one attached hydrogen (secondary N) is 2. The second kappa shape index (κ2) is 13.8. The van der Waals surface area contributed by atoms with Crippen LogP contribution in [0.1, 0.15) is 77.2 Å². The van der Waals surface area contributed by atoms with Gasteiger partial charge in [0.15, 0.2) is 17.5 Å². The SMILES string of the molecule is CN=C(N)NCC12C#CC3CCCC4CC(CCN4)Oc4cc(ccc4O)CC3C(OC(C)=O)CC(O)C(CCC1C)C2. The number of aliphatic imine (C=N–C) groups is 1. The van der Waals surface area contributed by atoms with Crippen molar-refractivity contribution in [2.45, 2.75) is 102 Å². The molecule has 0 aromatic heterocycles. The summed E-state index contributed by atoms with van der Waals surface area (Å²) < 4.78 is 12.4. The number of nitrogens with two attached hydrogens (primary N) is 1. The van der Waals surface area contributed by atoms with Crippen LogP contribution in [-0.2, 0) is 16.0 Å². The lowest BCUT2D eigenvalue weighted by Crippen LogP contribution is -2.49. The number of aromatic hydroxyl groups is 1. The Kier molecular flexibility index (Phi) is 10.1. The van der Waals surface area contributed by atoms with Crippen molar-refractivity contribution in [1.82, 2.24) is 10.6 Å². The minimum Gasteiger partial charge on any atom is -0.504 e. The van der Waals surface area contributed by atoms with E-state index in [4.69, 9.17) is 15.2 Å². The first kappa shape index (κ1) is 31.5. The molecule has 6 N–H and O–H groups in total. The fourth-order valence-corrected chi connectivity index (χ4v) is 7.86. The third kappa shape index (κ3) is 7.58. The molecular weight excluding hydrogens is 544 g/mol. The van der Waals surface area contributed by atoms with Crippen LogP contribution in [0.5, 0.6) is 11.5 Å². The number of nitrogens with zero attached hydrogens (tertiary/aromatic N) is 1. The van der Waals surface area contributed by atoms with Gasteiger partial charge in [0.1, 0.15) is 12.2 Å². The molecule has 0 radical (unpaired) electrons. The molecule has 0 amide bonds. The topological polar surface area (TPSA) is 138 Å². The highest BCUT2D eigenvalue weighted by atomic mass is 16.5. The van der Waals surface area contributed by atoms with Crippen molar-refractivity contribution in [3.8, 4) is 23.3 Å². The second-order valence-electron chi connectivity index (χ2n) is 13.4. The lowest BCUT2D eigenvalue weighted by Gasteiger charge is -2.45. The maximum Gasteiger partial charge on any atom is 0.302 e. The number of carbonyl (C=O) groups is 1. The van der Waals surface area contributed by atoms with Crippen molar-refractivity contribution in [1.29, 1.82) is 0 Å². The summed E-state index contributed by atoms with van der Waals surface area (Å²) in [6, 6.07) is 5.88. The molecule has 2 fully saturated rings. The molecule has 1 saturated carbocycles. The molecule has 9 unspecified atom stereocenters. The number of hydrogen-bond donors (Lipinski definition) is 5. The number of aliphatic hydroxyl groups is 1. The molecule has 2 heterocycles. The Bertz CT molecular complexity index is 1230. The number of phenolic OH excluding ortho intramolecular Hbond substituents is 1. The molecule has 6 bridgehead atoms. The lowest BCUT2D eigenvalue weighted by molar-refractivity contribution is -0.153. The fraction of sp³-hybridized carbons (Fsp3) is 0.706. The van der Waals surface area contributed by atoms with Gasteiger partial charge in [-0.2, -0.15) is 0 Å². The van der Waals surface area contributed by atoms with Crippen LogP contribution in [0.2, 0.25) is 0 Å². The molecule has 236 valence electrons. The Morgan fingerprint density at radius 3 is 2.88 bits per heavy atom. The van der Waals surface area contributed by atoms with Crippen LogP contribution in [-0.4, -0.2) is 66.6 Å². The number of aliphatic hydroxyl groups excluding tert-OH is 1. The van der Waals surface area contributed by atoms with Crippen LogP contribution in [0.15, 0.2) is 23.2 Å². The van der Waals surface area contributed by atoms with Crippen molar-refractivity contribution in [3.05, 3.63) is 23.8 Å². The van der Waals surface area contributed by atoms with Crippen molar-refractivity contribution in [2.24, 2.45) is 39.8 Å². The van der Waals surface area contributed by atoms with E-state index in [1.807, 2.05) is 12.1 Å². The number of guanidine groups is 1. The van der Waals surface area contributed by atoms with E-state index in [-0.39, 0.29) is 41.0 Å². The van der Waals surface area contributed by atoms with Crippen LogP contribution in [0.3, 0.4) is 0 Å². The van der Waals surface area contributed by atoms with Crippen LogP contribution in [0.25, 0.3) is 0 Å². The molecule has 2 aliphatic heterocycles. The number of esters is 1. The summed E-state index contributed by atoms with van der Waals surface area (Å²) in [5, 5.41) is 29.3. The number of piperidine rings is 1. The Labute approximate surface area is 256 Å². The van der Waals surface area contributed by atoms with E-state index in [1.54, 1.807) is 13.1 Å². The van der Waals surface area contributed by atoms with Gasteiger partial charge in [0.2, 0.25) is 0 Å². The van der Waals surface area contributed by atoms with Crippen molar-refractivity contribution in [2.75, 3.05) is 20.1 Å². The molecule has 1 aromatic rings. The molecule has 9 heteroatoms. The molecule has 2 aliphatic carbocycles. The van der Waals surface area contributed by atoms with Gasteiger partial charge in [-0.3, -0.25) is 9.79 Å². The molecule has 0 spiro atoms. The van der Waals surface area contributed by atoms with Gasteiger partial charge in [-0.25, -0.2) is 0 Å². The highest BCUT2D eigenvalue weighted by Crippen LogP contribution is 2.46. The monoisotopic (exact) mass is 594 g/mol. The Hall–Kier alpha value is -2.96. The second-order valence-corrected chi connectivity index (χ2v) is 13.4. The van der Waals surface area contributed by atoms with E-state index in [0.717, 1.165) is 63.5 Å². The highest BCUT2D eigenvalue weighted by molar-refractivity contribution is 5.77. The predicted molar refractivity (Wildman–Crippen MR) is 167 cm³/mol. The van der Waals surface area contributed by atoms with Gasteiger partial charge in [0.05, 0.1) is 11.5 Å². The van der Waals surface area contributed by atoms with Gasteiger partial charge in [-0.15, -0.1) is 0 Å². The number of benzene rings is 1. The van der Waals surface area contributed by atoms with Gasteiger partial charge >= 0.3 is 5.97 Å². The largest absolute Gasteiger partial charge is 0.504 e. The first-order valence-electron chi connectivity index (χ1n) is 16.2. The summed E-state index contributed by atoms with van der Waals surface area (Å²) in [7, 11) is 1.67. The zero-order chi connectivity index (χ0) is 30.6. The molecular formula is C34H50N4O5. The molecule has 9 atom stereocenters. The van der Waals surface area contributed by atoms with Gasteiger partial charge in [-0.05, 0) is 87.4 Å². The quantitative estimate of drug-likeness (QED) is 0.155. The number of hydrogen-bond acceptors (Lipinski definition) is 7. The summed E-state index contributed by atoms with van der Waals surface area (Å²) in [6.07, 6.45) is 7.11. The average molecular weight is 595 g/mol.